The van der Waals surface area contributed by atoms with Crippen LogP contribution in [0.4, 0.5) is 0 Å². The molecule has 1 saturated carbocycles. The summed E-state index contributed by atoms with van der Waals surface area (Å²) in [6.07, 6.45) is 5.05. The first-order valence-corrected chi connectivity index (χ1v) is 10.6. The predicted molar refractivity (Wildman–Crippen MR) is 104 cm³/mol. The lowest BCUT2D eigenvalue weighted by atomic mass is 10.1. The minimum absolute atomic E-state index is 0.0396. The molecule has 5 rings (SSSR count). The number of nitrogens with one attached hydrogen (secondary N) is 1. The maximum absolute atomic E-state index is 13.5. The van der Waals surface area contributed by atoms with Crippen LogP contribution in [0.25, 0.3) is 10.7 Å². The van der Waals surface area contributed by atoms with Crippen molar-refractivity contribution in [3.05, 3.63) is 35.0 Å². The van der Waals surface area contributed by atoms with Gasteiger partial charge in [0, 0.05) is 25.3 Å². The fraction of sp³-hybridized carbons (Fsp3) is 0.500. The molecular weight excluding hydrogens is 376 g/mol. The second-order valence-corrected chi connectivity index (χ2v) is 8.66. The Morgan fingerprint density at radius 1 is 1.29 bits per heavy atom. The van der Waals surface area contributed by atoms with Crippen molar-refractivity contribution in [1.82, 2.24) is 20.2 Å². The standard InChI is InChI=1S/C20H22N4O3S/c1-11-17(28-19(22-11)13-4-2-3-8-21-13)20(26)24-14-7-9-27-16(14)10-15(24)18(25)23-12-5-6-12/h2-4,8,12,14-16H,5-7,9-10H2,1H3,(H,23,25)/t14-,15-,16-/m0/s1. The number of nitrogens with zero attached hydrogens (tertiary/aromatic N) is 3. The first-order chi connectivity index (χ1) is 13.6. The lowest BCUT2D eigenvalue weighted by molar-refractivity contribution is -0.125. The summed E-state index contributed by atoms with van der Waals surface area (Å²) in [6.45, 7) is 2.48. The van der Waals surface area contributed by atoms with Gasteiger partial charge in [-0.1, -0.05) is 6.07 Å². The van der Waals surface area contributed by atoms with Crippen LogP contribution in [0.1, 0.15) is 41.0 Å². The van der Waals surface area contributed by atoms with E-state index in [1.807, 2.05) is 25.1 Å². The number of carbonyl (C=O) groups excluding carboxylic acids is 2. The van der Waals surface area contributed by atoms with E-state index >= 15 is 0 Å². The van der Waals surface area contributed by atoms with Crippen LogP contribution in [0.3, 0.4) is 0 Å². The van der Waals surface area contributed by atoms with Gasteiger partial charge in [0.05, 0.1) is 23.5 Å². The predicted octanol–water partition coefficient (Wildman–Crippen LogP) is 2.16. The summed E-state index contributed by atoms with van der Waals surface area (Å²) in [6, 6.07) is 5.40. The first-order valence-electron chi connectivity index (χ1n) is 9.75. The molecule has 2 aromatic heterocycles. The molecule has 0 unspecified atom stereocenters. The summed E-state index contributed by atoms with van der Waals surface area (Å²) in [5.41, 5.74) is 1.43. The Balaban J connectivity index is 1.45. The molecule has 8 heteroatoms. The molecule has 0 bridgehead atoms. The van der Waals surface area contributed by atoms with Gasteiger partial charge < -0.3 is 15.0 Å². The zero-order chi connectivity index (χ0) is 19.3. The van der Waals surface area contributed by atoms with Gasteiger partial charge in [0.25, 0.3) is 5.91 Å². The fourth-order valence-electron chi connectivity index (χ4n) is 4.11. The first kappa shape index (κ1) is 17.8. The number of aryl methyl sites for hydroxylation is 1. The molecule has 1 aliphatic carbocycles. The third-order valence-electron chi connectivity index (χ3n) is 5.66. The third-order valence-corrected chi connectivity index (χ3v) is 6.83. The molecule has 0 radical (unpaired) electrons. The highest BCUT2D eigenvalue weighted by Gasteiger charge is 2.50. The van der Waals surface area contributed by atoms with Crippen LogP contribution in [-0.2, 0) is 9.53 Å². The van der Waals surface area contributed by atoms with Gasteiger partial charge >= 0.3 is 0 Å². The van der Waals surface area contributed by atoms with Crippen molar-refractivity contribution in [2.24, 2.45) is 0 Å². The summed E-state index contributed by atoms with van der Waals surface area (Å²) in [4.78, 5) is 37.6. The number of carbonyl (C=O) groups is 2. The van der Waals surface area contributed by atoms with Crippen LogP contribution in [0.5, 0.6) is 0 Å². The molecule has 1 N–H and O–H groups in total. The van der Waals surface area contributed by atoms with Crippen molar-refractivity contribution < 1.29 is 14.3 Å². The summed E-state index contributed by atoms with van der Waals surface area (Å²) < 4.78 is 5.80. The number of likely N-dealkylation sites (tertiary alicyclic amines) is 1. The number of rotatable bonds is 4. The highest BCUT2D eigenvalue weighted by atomic mass is 32.1. The van der Waals surface area contributed by atoms with Crippen LogP contribution in [0.2, 0.25) is 0 Å². The van der Waals surface area contributed by atoms with E-state index in [9.17, 15) is 9.59 Å². The van der Waals surface area contributed by atoms with Gasteiger partial charge in [0.1, 0.15) is 15.9 Å². The quantitative estimate of drug-likeness (QED) is 0.853. The largest absolute Gasteiger partial charge is 0.376 e. The maximum Gasteiger partial charge on any atom is 0.266 e. The zero-order valence-corrected chi connectivity index (χ0v) is 16.4. The zero-order valence-electron chi connectivity index (χ0n) is 15.6. The van der Waals surface area contributed by atoms with Gasteiger partial charge in [-0.25, -0.2) is 4.98 Å². The van der Waals surface area contributed by atoms with Crippen LogP contribution in [0, 0.1) is 6.92 Å². The molecule has 28 heavy (non-hydrogen) atoms. The van der Waals surface area contributed by atoms with Gasteiger partial charge in [-0.05, 0) is 38.3 Å². The second-order valence-electron chi connectivity index (χ2n) is 7.66. The Bertz CT molecular complexity index is 911. The molecule has 2 aromatic rings. The van der Waals surface area contributed by atoms with E-state index in [1.54, 1.807) is 11.1 Å². The highest BCUT2D eigenvalue weighted by Crippen LogP contribution is 2.37. The van der Waals surface area contributed by atoms with E-state index in [1.165, 1.54) is 11.3 Å². The van der Waals surface area contributed by atoms with E-state index in [4.69, 9.17) is 4.74 Å². The highest BCUT2D eigenvalue weighted by molar-refractivity contribution is 7.17. The Hall–Kier alpha value is -2.32. The van der Waals surface area contributed by atoms with Gasteiger partial charge in [-0.2, -0.15) is 0 Å². The van der Waals surface area contributed by atoms with Gasteiger partial charge in [0.15, 0.2) is 0 Å². The Morgan fingerprint density at radius 2 is 2.14 bits per heavy atom. The SMILES string of the molecule is Cc1nc(-c2ccccn2)sc1C(=O)N1[C@H](C(=O)NC2CC2)C[C@@H]2OCC[C@@H]21. The van der Waals surface area contributed by atoms with Gasteiger partial charge in [-0.15, -0.1) is 11.3 Å². The van der Waals surface area contributed by atoms with E-state index in [2.05, 4.69) is 15.3 Å². The van der Waals surface area contributed by atoms with Crippen LogP contribution in [-0.4, -0.2) is 57.5 Å². The topological polar surface area (TPSA) is 84.4 Å². The molecule has 2 amide bonds. The molecule has 0 aromatic carbocycles. The molecule has 2 saturated heterocycles. The van der Waals surface area contributed by atoms with Crippen LogP contribution in [0.15, 0.2) is 24.4 Å². The van der Waals surface area contributed by atoms with Crippen molar-refractivity contribution in [2.75, 3.05) is 6.61 Å². The van der Waals surface area contributed by atoms with Gasteiger partial charge in [0.2, 0.25) is 5.91 Å². The molecule has 4 heterocycles. The number of aromatic nitrogens is 2. The number of pyridine rings is 1. The molecule has 3 atom stereocenters. The number of ether oxygens (including phenoxy) is 1. The monoisotopic (exact) mass is 398 g/mol. The number of amides is 2. The Kier molecular flexibility index (Phi) is 4.40. The molecule has 0 spiro atoms. The number of thiazole rings is 1. The number of hydrogen-bond acceptors (Lipinski definition) is 6. The van der Waals surface area contributed by atoms with Gasteiger partial charge in [-0.3, -0.25) is 14.6 Å². The molecule has 2 aliphatic heterocycles. The lowest BCUT2D eigenvalue weighted by Crippen LogP contribution is -2.49. The summed E-state index contributed by atoms with van der Waals surface area (Å²) in [5.74, 6) is -0.174. The summed E-state index contributed by atoms with van der Waals surface area (Å²) in [7, 11) is 0. The second kappa shape index (κ2) is 6.93. The smallest absolute Gasteiger partial charge is 0.266 e. The number of fused-ring (bicyclic) bond motifs is 1. The average molecular weight is 398 g/mol. The van der Waals surface area contributed by atoms with E-state index in [0.29, 0.717) is 23.6 Å². The minimum Gasteiger partial charge on any atom is -0.376 e. The summed E-state index contributed by atoms with van der Waals surface area (Å²) in [5, 5.41) is 3.78. The van der Waals surface area contributed by atoms with Crippen LogP contribution >= 0.6 is 11.3 Å². The average Bonchev–Trinajstić information content (AvgIpc) is 3.11. The Labute approximate surface area is 167 Å². The van der Waals surface area contributed by atoms with E-state index in [0.717, 1.165) is 30.0 Å². The van der Waals surface area contributed by atoms with E-state index in [-0.39, 0.29) is 30.0 Å². The molecule has 146 valence electrons. The molecule has 3 fully saturated rings. The molecule has 7 nitrogen and oxygen atoms in total. The van der Waals surface area contributed by atoms with Crippen molar-refractivity contribution in [3.63, 3.8) is 0 Å². The molecule has 3 aliphatic rings. The lowest BCUT2D eigenvalue weighted by Gasteiger charge is -2.28. The van der Waals surface area contributed by atoms with Crippen molar-refractivity contribution in [3.8, 4) is 10.7 Å². The normalized spacial score (nSPS) is 26.3. The number of hydrogen-bond donors (Lipinski definition) is 1. The van der Waals surface area contributed by atoms with Crippen molar-refractivity contribution in [2.45, 2.75) is 56.8 Å². The van der Waals surface area contributed by atoms with Crippen molar-refractivity contribution >= 4 is 23.2 Å². The Morgan fingerprint density at radius 3 is 2.89 bits per heavy atom. The maximum atomic E-state index is 13.5. The van der Waals surface area contributed by atoms with E-state index < -0.39 is 6.04 Å². The minimum atomic E-state index is -0.469. The summed E-state index contributed by atoms with van der Waals surface area (Å²) >= 11 is 1.34. The third kappa shape index (κ3) is 3.10. The molecular formula is C20H22N4O3S. The fourth-order valence-corrected chi connectivity index (χ4v) is 5.09. The van der Waals surface area contributed by atoms with Crippen LogP contribution < -0.4 is 5.32 Å². The van der Waals surface area contributed by atoms with Crippen molar-refractivity contribution in [1.29, 1.82) is 0 Å².